The van der Waals surface area contributed by atoms with E-state index in [2.05, 4.69) is 34.6 Å². The Labute approximate surface area is 230 Å². The highest BCUT2D eigenvalue weighted by molar-refractivity contribution is 7.26. The second-order valence-corrected chi connectivity index (χ2v) is 10.4. The minimum Gasteiger partial charge on any atom is -0.347 e. The number of imidazole rings is 1. The molecule has 0 spiro atoms. The van der Waals surface area contributed by atoms with Crippen LogP contribution in [0, 0.1) is 0 Å². The summed E-state index contributed by atoms with van der Waals surface area (Å²) in [5.41, 5.74) is 2.39. The summed E-state index contributed by atoms with van der Waals surface area (Å²) in [5.74, 6) is -0.488. The average Bonchev–Trinajstić information content (AvgIpc) is 3.57. The number of carbonyl (C=O) groups excluding carboxylic acids is 1. The molecule has 1 amide bonds. The summed E-state index contributed by atoms with van der Waals surface area (Å²) in [7, 11) is 0. The molecule has 0 saturated heterocycles. The van der Waals surface area contributed by atoms with Crippen LogP contribution in [0.2, 0.25) is 5.02 Å². The van der Waals surface area contributed by atoms with Crippen molar-refractivity contribution in [1.29, 1.82) is 0 Å². The fourth-order valence-electron chi connectivity index (χ4n) is 4.62. The molecule has 0 aliphatic heterocycles. The van der Waals surface area contributed by atoms with E-state index in [0.717, 1.165) is 28.9 Å². The van der Waals surface area contributed by atoms with Crippen molar-refractivity contribution in [3.05, 3.63) is 119 Å². The van der Waals surface area contributed by atoms with E-state index in [4.69, 9.17) is 11.6 Å². The number of thiophene rings is 1. The zero-order chi connectivity index (χ0) is 27.1. The zero-order valence-corrected chi connectivity index (χ0v) is 21.7. The van der Waals surface area contributed by atoms with Gasteiger partial charge in [0.15, 0.2) is 0 Å². The summed E-state index contributed by atoms with van der Waals surface area (Å²) in [4.78, 5) is 17.2. The van der Waals surface area contributed by atoms with Crippen LogP contribution in [0.1, 0.15) is 21.6 Å². The van der Waals surface area contributed by atoms with Crippen molar-refractivity contribution in [3.63, 3.8) is 0 Å². The molecule has 1 N–H and O–H groups in total. The van der Waals surface area contributed by atoms with Crippen molar-refractivity contribution in [2.45, 2.75) is 12.7 Å². The first-order chi connectivity index (χ1) is 18.8. The molecular weight excluding hydrogens is 543 g/mol. The SMILES string of the molecule is O=C(NCc1cc(C(F)(F)F)ccc1Cl)c1cncn1-c1cccc(-c2cccc3c2sc2ccccc23)c1. The lowest BCUT2D eigenvalue weighted by molar-refractivity contribution is -0.137. The Morgan fingerprint density at radius 3 is 2.59 bits per heavy atom. The number of alkyl halides is 3. The summed E-state index contributed by atoms with van der Waals surface area (Å²) in [6, 6.07) is 25.4. The molecule has 6 aromatic rings. The lowest BCUT2D eigenvalue weighted by Crippen LogP contribution is -2.25. The summed E-state index contributed by atoms with van der Waals surface area (Å²) < 4.78 is 43.4. The number of carbonyl (C=O) groups is 1. The zero-order valence-electron chi connectivity index (χ0n) is 20.2. The van der Waals surface area contributed by atoms with E-state index >= 15 is 0 Å². The normalized spacial score (nSPS) is 11.8. The first kappa shape index (κ1) is 25.2. The van der Waals surface area contributed by atoms with E-state index in [0.29, 0.717) is 0 Å². The monoisotopic (exact) mass is 561 g/mol. The van der Waals surface area contributed by atoms with E-state index in [-0.39, 0.29) is 22.8 Å². The van der Waals surface area contributed by atoms with Crippen molar-refractivity contribution in [1.82, 2.24) is 14.9 Å². The van der Waals surface area contributed by atoms with Gasteiger partial charge in [0.05, 0.1) is 18.1 Å². The lowest BCUT2D eigenvalue weighted by Gasteiger charge is -2.13. The molecule has 0 unspecified atom stereocenters. The van der Waals surface area contributed by atoms with E-state index in [1.807, 2.05) is 42.5 Å². The van der Waals surface area contributed by atoms with E-state index in [9.17, 15) is 18.0 Å². The molecule has 0 radical (unpaired) electrons. The predicted octanol–water partition coefficient (Wildman–Crippen LogP) is 8.51. The first-order valence-electron chi connectivity index (χ1n) is 12.0. The first-order valence-corrected chi connectivity index (χ1v) is 13.2. The maximum atomic E-state index is 13.1. The number of amides is 1. The Hall–Kier alpha value is -4.14. The number of rotatable bonds is 5. The molecular formula is C30H19ClF3N3OS. The van der Waals surface area contributed by atoms with E-state index < -0.39 is 17.6 Å². The van der Waals surface area contributed by atoms with Gasteiger partial charge in [0.25, 0.3) is 5.91 Å². The van der Waals surface area contributed by atoms with Gasteiger partial charge in [-0.05, 0) is 53.1 Å². The predicted molar refractivity (Wildman–Crippen MR) is 150 cm³/mol. The summed E-state index contributed by atoms with van der Waals surface area (Å²) in [6.07, 6.45) is -1.55. The van der Waals surface area contributed by atoms with E-state index in [1.165, 1.54) is 38.8 Å². The molecule has 0 aliphatic rings. The molecule has 9 heteroatoms. The quantitative estimate of drug-likeness (QED) is 0.229. The molecule has 4 nitrogen and oxygen atoms in total. The van der Waals surface area contributed by atoms with Gasteiger partial charge in [0, 0.05) is 37.4 Å². The number of halogens is 4. The third kappa shape index (κ3) is 4.77. The minimum absolute atomic E-state index is 0.139. The number of hydrogen-bond donors (Lipinski definition) is 1. The van der Waals surface area contributed by atoms with Gasteiger partial charge in [-0.3, -0.25) is 9.36 Å². The van der Waals surface area contributed by atoms with Gasteiger partial charge in [-0.25, -0.2) is 4.98 Å². The highest BCUT2D eigenvalue weighted by Crippen LogP contribution is 2.40. The third-order valence-corrected chi connectivity index (χ3v) is 8.11. The topological polar surface area (TPSA) is 46.9 Å². The number of aromatic nitrogens is 2. The van der Waals surface area contributed by atoms with Crippen LogP contribution in [0.4, 0.5) is 13.2 Å². The minimum atomic E-state index is -4.51. The van der Waals surface area contributed by atoms with Crippen molar-refractivity contribution in [2.75, 3.05) is 0 Å². The molecule has 39 heavy (non-hydrogen) atoms. The smallest absolute Gasteiger partial charge is 0.347 e. The van der Waals surface area contributed by atoms with Gasteiger partial charge in [-0.15, -0.1) is 11.3 Å². The van der Waals surface area contributed by atoms with Crippen LogP contribution in [0.15, 0.2) is 97.5 Å². The van der Waals surface area contributed by atoms with Gasteiger partial charge in [-0.2, -0.15) is 13.2 Å². The highest BCUT2D eigenvalue weighted by Gasteiger charge is 2.31. The second-order valence-electron chi connectivity index (χ2n) is 8.97. The molecule has 0 bridgehead atoms. The van der Waals surface area contributed by atoms with Gasteiger partial charge in [0.1, 0.15) is 5.69 Å². The molecule has 2 aromatic heterocycles. The molecule has 2 heterocycles. The Kier molecular flexibility index (Phi) is 6.37. The average molecular weight is 562 g/mol. The molecule has 0 aliphatic carbocycles. The molecule has 0 fully saturated rings. The van der Waals surface area contributed by atoms with Crippen LogP contribution in [0.25, 0.3) is 37.0 Å². The van der Waals surface area contributed by atoms with Gasteiger partial charge < -0.3 is 5.32 Å². The fourth-order valence-corrected chi connectivity index (χ4v) is 6.04. The van der Waals surface area contributed by atoms with Crippen molar-refractivity contribution in [3.8, 4) is 16.8 Å². The third-order valence-electron chi connectivity index (χ3n) is 6.52. The fraction of sp³-hybridized carbons (Fsp3) is 0.0667. The van der Waals surface area contributed by atoms with Crippen LogP contribution in [0.3, 0.4) is 0 Å². The van der Waals surface area contributed by atoms with Crippen molar-refractivity contribution in [2.24, 2.45) is 0 Å². The number of hydrogen-bond acceptors (Lipinski definition) is 3. The molecule has 0 saturated carbocycles. The molecule has 194 valence electrons. The Morgan fingerprint density at radius 2 is 1.74 bits per heavy atom. The molecule has 0 atom stereocenters. The Bertz CT molecular complexity index is 1860. The van der Waals surface area contributed by atoms with Crippen LogP contribution in [0.5, 0.6) is 0 Å². The van der Waals surface area contributed by atoms with Crippen molar-refractivity contribution >= 4 is 49.0 Å². The maximum Gasteiger partial charge on any atom is 0.416 e. The Morgan fingerprint density at radius 1 is 0.949 bits per heavy atom. The standard InChI is InChI=1S/C30H19ClF3N3OS/c31-25-12-11-20(30(32,33)34)13-19(25)15-36-29(38)26-16-35-17-37(26)21-6-3-5-18(14-21)22-8-4-9-24-23-7-1-2-10-27(23)39-28(22)24/h1-14,16-17H,15H2,(H,36,38). The van der Waals surface area contributed by atoms with Gasteiger partial charge in [0.2, 0.25) is 0 Å². The van der Waals surface area contributed by atoms with E-state index in [1.54, 1.807) is 15.9 Å². The number of benzene rings is 4. The van der Waals surface area contributed by atoms with Crippen LogP contribution >= 0.6 is 22.9 Å². The molecule has 4 aromatic carbocycles. The number of fused-ring (bicyclic) bond motifs is 3. The largest absolute Gasteiger partial charge is 0.416 e. The molecule has 6 rings (SSSR count). The highest BCUT2D eigenvalue weighted by atomic mass is 35.5. The second kappa shape index (κ2) is 9.87. The van der Waals surface area contributed by atoms with Crippen molar-refractivity contribution < 1.29 is 18.0 Å². The number of nitrogens with zero attached hydrogens (tertiary/aromatic N) is 2. The van der Waals surface area contributed by atoms with Gasteiger partial charge in [-0.1, -0.05) is 60.1 Å². The van der Waals surface area contributed by atoms with Crippen LogP contribution < -0.4 is 5.32 Å². The number of nitrogens with one attached hydrogen (secondary N) is 1. The summed E-state index contributed by atoms with van der Waals surface area (Å²) in [5, 5.41) is 5.21. The van der Waals surface area contributed by atoms with Gasteiger partial charge >= 0.3 is 6.18 Å². The van der Waals surface area contributed by atoms with Crippen LogP contribution in [-0.4, -0.2) is 15.5 Å². The summed E-state index contributed by atoms with van der Waals surface area (Å²) in [6.45, 7) is -0.166. The lowest BCUT2D eigenvalue weighted by atomic mass is 10.0. The maximum absolute atomic E-state index is 13.1. The summed E-state index contributed by atoms with van der Waals surface area (Å²) >= 11 is 7.83. The Balaban J connectivity index is 1.30. The van der Waals surface area contributed by atoms with Crippen LogP contribution in [-0.2, 0) is 12.7 Å².